The van der Waals surface area contributed by atoms with Gasteiger partial charge in [-0.15, -0.1) is 0 Å². The lowest BCUT2D eigenvalue weighted by Crippen LogP contribution is -2.15. The third kappa shape index (κ3) is 3.04. The number of benzene rings is 2. The third-order valence-corrected chi connectivity index (χ3v) is 6.60. The Hall–Kier alpha value is -2.99. The molecule has 0 atom stereocenters. The summed E-state index contributed by atoms with van der Waals surface area (Å²) in [6.45, 7) is 0. The minimum atomic E-state index is -5.05. The molecule has 0 radical (unpaired) electrons. The molecular weight excluding hydrogens is 422 g/mol. The van der Waals surface area contributed by atoms with E-state index in [0.29, 0.717) is 0 Å². The van der Waals surface area contributed by atoms with Crippen LogP contribution in [-0.2, 0) is 20.2 Å². The predicted octanol–water partition coefficient (Wildman–Crippen LogP) is 1.89. The smallest absolute Gasteiger partial charge is 0.293 e. The van der Waals surface area contributed by atoms with Crippen molar-refractivity contribution in [2.45, 2.75) is 15.7 Å². The van der Waals surface area contributed by atoms with Crippen molar-refractivity contribution in [2.75, 3.05) is 0 Å². The van der Waals surface area contributed by atoms with E-state index in [9.17, 15) is 35.5 Å². The minimum absolute atomic E-state index is 0.0459. The van der Waals surface area contributed by atoms with Gasteiger partial charge in [0.15, 0.2) is 11.6 Å². The van der Waals surface area contributed by atoms with E-state index in [-0.39, 0.29) is 27.7 Å². The summed E-state index contributed by atoms with van der Waals surface area (Å²) < 4.78 is 65.3. The second-order valence-electron chi connectivity index (χ2n) is 6.35. The van der Waals surface area contributed by atoms with Crippen molar-refractivity contribution in [3.63, 3.8) is 0 Å². The number of aromatic nitrogens is 1. The Morgan fingerprint density at radius 2 is 1.34 bits per heavy atom. The maximum atomic E-state index is 12.6. The van der Waals surface area contributed by atoms with Crippen molar-refractivity contribution in [3.05, 3.63) is 65.4 Å². The predicted molar refractivity (Wildman–Crippen MR) is 99.2 cm³/mol. The molecule has 11 heteroatoms. The van der Waals surface area contributed by atoms with Crippen molar-refractivity contribution in [2.24, 2.45) is 0 Å². The largest absolute Gasteiger partial charge is 0.296 e. The number of hydrogen-bond donors (Lipinski definition) is 2. The summed E-state index contributed by atoms with van der Waals surface area (Å²) >= 11 is 0. The van der Waals surface area contributed by atoms with Crippen molar-refractivity contribution < 1.29 is 35.5 Å². The maximum Gasteiger partial charge on any atom is 0.296 e. The van der Waals surface area contributed by atoms with Gasteiger partial charge in [0.2, 0.25) is 0 Å². The van der Waals surface area contributed by atoms with Gasteiger partial charge in [-0.2, -0.15) is 16.8 Å². The number of fused-ring (bicyclic) bond motifs is 2. The Kier molecular flexibility index (Phi) is 4.17. The molecule has 2 aromatic carbocycles. The summed E-state index contributed by atoms with van der Waals surface area (Å²) in [6, 6.07) is 10.5. The van der Waals surface area contributed by atoms with E-state index in [4.69, 9.17) is 0 Å². The molecular formula is C18H11NO8S2. The van der Waals surface area contributed by atoms with Gasteiger partial charge in [-0.3, -0.25) is 23.7 Å². The molecule has 9 nitrogen and oxygen atoms in total. The van der Waals surface area contributed by atoms with Crippen molar-refractivity contribution in [3.8, 4) is 0 Å². The number of ketones is 2. The molecule has 29 heavy (non-hydrogen) atoms. The fraction of sp³-hybridized carbons (Fsp3) is 0.0556. The highest BCUT2D eigenvalue weighted by molar-refractivity contribution is 7.89. The normalized spacial score (nSPS) is 15.1. The summed E-state index contributed by atoms with van der Waals surface area (Å²) in [7, 11) is -10.0. The first-order valence-corrected chi connectivity index (χ1v) is 10.9. The van der Waals surface area contributed by atoms with Crippen molar-refractivity contribution in [1.29, 1.82) is 0 Å². The van der Waals surface area contributed by atoms with E-state index < -0.39 is 47.5 Å². The number of pyridine rings is 1. The van der Waals surface area contributed by atoms with Gasteiger partial charge in [-0.1, -0.05) is 24.3 Å². The van der Waals surface area contributed by atoms with Gasteiger partial charge in [0.05, 0.1) is 11.2 Å². The number of hydrogen-bond acceptors (Lipinski definition) is 7. The van der Waals surface area contributed by atoms with E-state index in [1.807, 2.05) is 0 Å². The topological polar surface area (TPSA) is 156 Å². The van der Waals surface area contributed by atoms with Crippen LogP contribution in [0.1, 0.15) is 32.3 Å². The zero-order valence-electron chi connectivity index (χ0n) is 14.3. The molecule has 0 bridgehead atoms. The number of rotatable bonds is 3. The van der Waals surface area contributed by atoms with E-state index in [2.05, 4.69) is 4.98 Å². The third-order valence-electron chi connectivity index (χ3n) is 4.62. The number of carbonyl (C=O) groups excluding carboxylic acids is 2. The zero-order chi connectivity index (χ0) is 21.1. The summed E-state index contributed by atoms with van der Waals surface area (Å²) in [5, 5.41) is -0.290. The van der Waals surface area contributed by atoms with E-state index in [0.717, 1.165) is 18.2 Å². The van der Waals surface area contributed by atoms with Gasteiger partial charge in [0, 0.05) is 16.5 Å². The van der Waals surface area contributed by atoms with Crippen LogP contribution >= 0.6 is 0 Å². The number of carbonyl (C=O) groups is 2. The second-order valence-corrected chi connectivity index (χ2v) is 9.10. The Morgan fingerprint density at radius 1 is 0.759 bits per heavy atom. The average Bonchev–Trinajstić information content (AvgIpc) is 2.90. The molecule has 1 heterocycles. The quantitative estimate of drug-likeness (QED) is 0.465. The highest BCUT2D eigenvalue weighted by Gasteiger charge is 2.40. The Bertz CT molecular complexity index is 1410. The lowest BCUT2D eigenvalue weighted by atomic mass is 9.98. The standard InChI is InChI=1S/C18H11NO8S2/c20-16-9-3-1-2-4-10(9)17(21)15(16)13-6-5-11-12(19-13)7-8-14(28(22,23)24)18(11)29(25,26)27/h1-8,15H,(H,22,23,24)(H,25,26,27). The molecule has 1 aromatic heterocycles. The zero-order valence-corrected chi connectivity index (χ0v) is 15.9. The van der Waals surface area contributed by atoms with Crippen LogP contribution in [0.3, 0.4) is 0 Å². The SMILES string of the molecule is O=C1c2ccccc2C(=O)C1c1ccc2c(S(=O)(=O)O)c(S(=O)(=O)O)ccc2n1. The highest BCUT2D eigenvalue weighted by Crippen LogP contribution is 2.35. The van der Waals surface area contributed by atoms with Crippen LogP contribution in [0, 0.1) is 0 Å². The molecule has 0 amide bonds. The Morgan fingerprint density at radius 3 is 1.86 bits per heavy atom. The first kappa shape index (κ1) is 19.3. The first-order valence-electron chi connectivity index (χ1n) is 8.06. The van der Waals surface area contributed by atoms with Crippen LogP contribution in [-0.4, -0.2) is 42.5 Å². The molecule has 0 fully saturated rings. The molecule has 3 aromatic rings. The van der Waals surface area contributed by atoms with E-state index in [1.165, 1.54) is 18.2 Å². The fourth-order valence-corrected chi connectivity index (χ4v) is 5.40. The molecule has 1 aliphatic carbocycles. The molecule has 2 N–H and O–H groups in total. The average molecular weight is 433 g/mol. The van der Waals surface area contributed by atoms with Crippen LogP contribution in [0.25, 0.3) is 10.9 Å². The molecule has 1 aliphatic rings. The van der Waals surface area contributed by atoms with Gasteiger partial charge in [0.1, 0.15) is 15.7 Å². The highest BCUT2D eigenvalue weighted by atomic mass is 32.2. The fourth-order valence-electron chi connectivity index (χ4n) is 3.41. The van der Waals surface area contributed by atoms with Crippen LogP contribution in [0.4, 0.5) is 0 Å². The molecule has 0 spiro atoms. The second kappa shape index (κ2) is 6.26. The van der Waals surface area contributed by atoms with Crippen molar-refractivity contribution >= 4 is 42.7 Å². The molecule has 4 rings (SSSR count). The molecule has 0 unspecified atom stereocenters. The van der Waals surface area contributed by atoms with Crippen LogP contribution in [0.15, 0.2) is 58.3 Å². The Labute approximate surface area is 164 Å². The van der Waals surface area contributed by atoms with Crippen LogP contribution in [0.5, 0.6) is 0 Å². The summed E-state index contributed by atoms with van der Waals surface area (Å²) in [5.74, 6) is -2.13. The lowest BCUT2D eigenvalue weighted by Gasteiger charge is -2.11. The molecule has 0 saturated carbocycles. The van der Waals surface area contributed by atoms with Gasteiger partial charge < -0.3 is 0 Å². The summed E-state index contributed by atoms with van der Waals surface area (Å²) in [4.78, 5) is 27.4. The molecule has 148 valence electrons. The number of nitrogens with zero attached hydrogens (tertiary/aromatic N) is 1. The van der Waals surface area contributed by atoms with Gasteiger partial charge in [0.25, 0.3) is 20.2 Å². The molecule has 0 aliphatic heterocycles. The van der Waals surface area contributed by atoms with Gasteiger partial charge in [-0.25, -0.2) is 0 Å². The van der Waals surface area contributed by atoms with Crippen LogP contribution in [0.2, 0.25) is 0 Å². The van der Waals surface area contributed by atoms with Gasteiger partial charge >= 0.3 is 0 Å². The maximum absolute atomic E-state index is 12.6. The summed E-state index contributed by atoms with van der Waals surface area (Å²) in [6.07, 6.45) is 0. The Balaban J connectivity index is 1.94. The van der Waals surface area contributed by atoms with E-state index >= 15 is 0 Å². The van der Waals surface area contributed by atoms with E-state index in [1.54, 1.807) is 12.1 Å². The minimum Gasteiger partial charge on any atom is -0.293 e. The van der Waals surface area contributed by atoms with Crippen LogP contribution < -0.4 is 0 Å². The van der Waals surface area contributed by atoms with Crippen molar-refractivity contribution in [1.82, 2.24) is 4.98 Å². The van der Waals surface area contributed by atoms with Gasteiger partial charge in [-0.05, 0) is 24.3 Å². The molecule has 0 saturated heterocycles. The number of Topliss-reactive ketones (excluding diaryl/α,β-unsaturated/α-hetero) is 2. The summed E-state index contributed by atoms with van der Waals surface area (Å²) in [5.41, 5.74) is 0.471. The monoisotopic (exact) mass is 433 g/mol. The lowest BCUT2D eigenvalue weighted by molar-refractivity contribution is 0.0888. The first-order chi connectivity index (χ1) is 13.5.